The van der Waals surface area contributed by atoms with Crippen molar-refractivity contribution < 1.29 is 37.7 Å². The minimum absolute atomic E-state index is 0.0176. The van der Waals surface area contributed by atoms with Gasteiger partial charge in [0.15, 0.2) is 42.1 Å². The summed E-state index contributed by atoms with van der Waals surface area (Å²) in [5.74, 6) is -1.74. The van der Waals surface area contributed by atoms with Crippen LogP contribution in [0, 0.1) is 5.82 Å². The number of rotatable bonds is 7. The molecule has 3 rings (SSSR count). The molecule has 1 heterocycles. The van der Waals surface area contributed by atoms with E-state index in [4.69, 9.17) is 18.9 Å². The van der Waals surface area contributed by atoms with Gasteiger partial charge in [0.2, 0.25) is 6.79 Å². The van der Waals surface area contributed by atoms with Gasteiger partial charge in [-0.1, -0.05) is 12.1 Å². The summed E-state index contributed by atoms with van der Waals surface area (Å²) < 4.78 is 33.6. The Kier molecular flexibility index (Phi) is 5.73. The molecule has 28 heavy (non-hydrogen) atoms. The van der Waals surface area contributed by atoms with Crippen LogP contribution < -0.4 is 19.5 Å². The van der Waals surface area contributed by atoms with Crippen molar-refractivity contribution in [2.24, 2.45) is 0 Å². The van der Waals surface area contributed by atoms with Crippen LogP contribution in [0.25, 0.3) is 0 Å². The minimum atomic E-state index is -0.851. The topological polar surface area (TPSA) is 100 Å². The molecule has 0 saturated heterocycles. The van der Waals surface area contributed by atoms with Crippen LogP contribution in [0.5, 0.6) is 17.2 Å². The number of fused-ring (bicyclic) bond motifs is 1. The van der Waals surface area contributed by atoms with Gasteiger partial charge in [-0.05, 0) is 25.1 Å². The summed E-state index contributed by atoms with van der Waals surface area (Å²) >= 11 is 0. The quantitative estimate of drug-likeness (QED) is 0.573. The molecule has 146 valence electrons. The van der Waals surface area contributed by atoms with Crippen LogP contribution in [0.3, 0.4) is 0 Å². The van der Waals surface area contributed by atoms with Gasteiger partial charge in [-0.15, -0.1) is 0 Å². The van der Waals surface area contributed by atoms with Crippen LogP contribution in [-0.4, -0.2) is 37.7 Å². The van der Waals surface area contributed by atoms with Crippen LogP contribution in [0.2, 0.25) is 0 Å². The number of esters is 1. The van der Waals surface area contributed by atoms with Crippen molar-refractivity contribution in [1.82, 2.24) is 0 Å². The molecular formula is C19H16FNO7. The molecule has 0 unspecified atom stereocenters. The van der Waals surface area contributed by atoms with E-state index in [0.29, 0.717) is 11.5 Å². The molecule has 0 spiro atoms. The molecule has 2 aromatic carbocycles. The fraction of sp³-hybridized carbons (Fsp3) is 0.211. The zero-order chi connectivity index (χ0) is 20.1. The molecule has 0 fully saturated rings. The Balaban J connectivity index is 1.54. The number of benzene rings is 2. The summed E-state index contributed by atoms with van der Waals surface area (Å²) in [6, 6.07) is 8.50. The summed E-state index contributed by atoms with van der Waals surface area (Å²) in [7, 11) is 0. The second kappa shape index (κ2) is 8.38. The molecule has 1 amide bonds. The Morgan fingerprint density at radius 2 is 1.82 bits per heavy atom. The predicted molar refractivity (Wildman–Crippen MR) is 94.1 cm³/mol. The maximum atomic E-state index is 13.4. The number of hydrogen-bond donors (Lipinski definition) is 1. The van der Waals surface area contributed by atoms with Gasteiger partial charge in [-0.3, -0.25) is 9.59 Å². The molecule has 0 bridgehead atoms. The van der Waals surface area contributed by atoms with E-state index in [-0.39, 0.29) is 29.6 Å². The third kappa shape index (κ3) is 4.56. The highest BCUT2D eigenvalue weighted by Crippen LogP contribution is 2.37. The first-order valence-electron chi connectivity index (χ1n) is 8.21. The second-order valence-electron chi connectivity index (χ2n) is 5.74. The van der Waals surface area contributed by atoms with Gasteiger partial charge in [0.05, 0.1) is 5.69 Å². The van der Waals surface area contributed by atoms with E-state index in [1.165, 1.54) is 37.3 Å². The number of hydrogen-bond acceptors (Lipinski definition) is 7. The van der Waals surface area contributed by atoms with Crippen LogP contribution >= 0.6 is 0 Å². The largest absolute Gasteiger partial charge is 0.479 e. The summed E-state index contributed by atoms with van der Waals surface area (Å²) in [4.78, 5) is 35.5. The maximum Gasteiger partial charge on any atom is 0.344 e. The third-order valence-electron chi connectivity index (χ3n) is 3.71. The summed E-state index contributed by atoms with van der Waals surface area (Å²) in [5, 5.41) is 2.49. The molecule has 1 aliphatic heterocycles. The molecule has 0 radical (unpaired) electrons. The Bertz CT molecular complexity index is 928. The SMILES string of the molecule is CC(=O)c1cc2c(cc1NC(=O)COC(=O)COc1ccccc1F)OCO2. The van der Waals surface area contributed by atoms with E-state index in [1.807, 2.05) is 0 Å². The van der Waals surface area contributed by atoms with Crippen LogP contribution in [0.1, 0.15) is 17.3 Å². The van der Waals surface area contributed by atoms with E-state index in [1.54, 1.807) is 6.07 Å². The number of amides is 1. The molecule has 0 aliphatic carbocycles. The number of para-hydroxylation sites is 1. The number of ether oxygens (including phenoxy) is 4. The first kappa shape index (κ1) is 19.2. The first-order chi connectivity index (χ1) is 13.4. The average molecular weight is 389 g/mol. The minimum Gasteiger partial charge on any atom is -0.479 e. The maximum absolute atomic E-state index is 13.4. The molecular weight excluding hydrogens is 373 g/mol. The summed E-state index contributed by atoms with van der Waals surface area (Å²) in [6.07, 6.45) is 0. The number of ketones is 1. The lowest BCUT2D eigenvalue weighted by atomic mass is 10.1. The van der Waals surface area contributed by atoms with Gasteiger partial charge in [-0.25, -0.2) is 9.18 Å². The average Bonchev–Trinajstić information content (AvgIpc) is 3.12. The fourth-order valence-electron chi connectivity index (χ4n) is 2.41. The number of carbonyl (C=O) groups is 3. The summed E-state index contributed by atoms with van der Waals surface area (Å²) in [5.41, 5.74) is 0.437. The van der Waals surface area contributed by atoms with E-state index >= 15 is 0 Å². The van der Waals surface area contributed by atoms with Crippen molar-refractivity contribution in [3.05, 3.63) is 47.8 Å². The highest BCUT2D eigenvalue weighted by molar-refractivity contribution is 6.05. The Morgan fingerprint density at radius 1 is 1.11 bits per heavy atom. The van der Waals surface area contributed by atoms with E-state index in [2.05, 4.69) is 5.32 Å². The number of anilines is 1. The molecule has 8 nitrogen and oxygen atoms in total. The molecule has 2 aromatic rings. The molecule has 0 saturated carbocycles. The van der Waals surface area contributed by atoms with Crippen molar-refractivity contribution in [3.8, 4) is 17.2 Å². The van der Waals surface area contributed by atoms with Crippen molar-refractivity contribution in [3.63, 3.8) is 0 Å². The molecule has 0 aromatic heterocycles. The van der Waals surface area contributed by atoms with E-state index < -0.39 is 30.9 Å². The van der Waals surface area contributed by atoms with Crippen LogP contribution in [0.4, 0.5) is 10.1 Å². The molecule has 9 heteroatoms. The highest BCUT2D eigenvalue weighted by atomic mass is 19.1. The standard InChI is InChI=1S/C19H16FNO7/c1-11(22)12-6-16-17(28-10-27-16)7-14(12)21-18(23)8-26-19(24)9-25-15-5-3-2-4-13(15)20/h2-7H,8-10H2,1H3,(H,21,23). The third-order valence-corrected chi connectivity index (χ3v) is 3.71. The normalized spacial score (nSPS) is 11.6. The number of halogens is 1. The van der Waals surface area contributed by atoms with Gasteiger partial charge in [-0.2, -0.15) is 0 Å². The monoisotopic (exact) mass is 389 g/mol. The van der Waals surface area contributed by atoms with E-state index in [9.17, 15) is 18.8 Å². The Morgan fingerprint density at radius 3 is 2.54 bits per heavy atom. The first-order valence-corrected chi connectivity index (χ1v) is 8.21. The Labute approximate surface area is 159 Å². The second-order valence-corrected chi connectivity index (χ2v) is 5.74. The van der Waals surface area contributed by atoms with Crippen LogP contribution in [-0.2, 0) is 14.3 Å². The molecule has 1 aliphatic rings. The van der Waals surface area contributed by atoms with Gasteiger partial charge in [0, 0.05) is 11.6 Å². The van der Waals surface area contributed by atoms with Gasteiger partial charge in [0.1, 0.15) is 0 Å². The van der Waals surface area contributed by atoms with Crippen molar-refractivity contribution in [2.45, 2.75) is 6.92 Å². The van der Waals surface area contributed by atoms with Gasteiger partial charge < -0.3 is 24.3 Å². The number of nitrogens with one attached hydrogen (secondary N) is 1. The van der Waals surface area contributed by atoms with E-state index in [0.717, 1.165) is 0 Å². The lowest BCUT2D eigenvalue weighted by Gasteiger charge is -2.11. The lowest BCUT2D eigenvalue weighted by molar-refractivity contribution is -0.149. The number of carbonyl (C=O) groups excluding carboxylic acids is 3. The zero-order valence-electron chi connectivity index (χ0n) is 14.8. The Hall–Kier alpha value is -3.62. The zero-order valence-corrected chi connectivity index (χ0v) is 14.8. The number of Topliss-reactive ketones (excluding diaryl/α,β-unsaturated/α-hetero) is 1. The predicted octanol–water partition coefficient (Wildman–Crippen LogP) is 2.32. The smallest absolute Gasteiger partial charge is 0.344 e. The fourth-order valence-corrected chi connectivity index (χ4v) is 2.41. The van der Waals surface area contributed by atoms with Gasteiger partial charge >= 0.3 is 5.97 Å². The van der Waals surface area contributed by atoms with Gasteiger partial charge in [0.25, 0.3) is 5.91 Å². The lowest BCUT2D eigenvalue weighted by Crippen LogP contribution is -2.24. The van der Waals surface area contributed by atoms with Crippen molar-refractivity contribution in [2.75, 3.05) is 25.3 Å². The summed E-state index contributed by atoms with van der Waals surface area (Å²) in [6.45, 7) is 0.194. The van der Waals surface area contributed by atoms with Crippen molar-refractivity contribution in [1.29, 1.82) is 0 Å². The molecule has 1 N–H and O–H groups in total. The van der Waals surface area contributed by atoms with Crippen molar-refractivity contribution >= 4 is 23.3 Å². The molecule has 0 atom stereocenters. The van der Waals surface area contributed by atoms with Crippen LogP contribution in [0.15, 0.2) is 36.4 Å². The highest BCUT2D eigenvalue weighted by Gasteiger charge is 2.20.